The van der Waals surface area contributed by atoms with Crippen LogP contribution in [0.5, 0.6) is 5.75 Å². The van der Waals surface area contributed by atoms with Gasteiger partial charge in [-0.1, -0.05) is 45.0 Å². The summed E-state index contributed by atoms with van der Waals surface area (Å²) in [5.41, 5.74) is 6.05. The van der Waals surface area contributed by atoms with E-state index in [4.69, 9.17) is 9.47 Å². The van der Waals surface area contributed by atoms with Gasteiger partial charge in [-0.15, -0.1) is 0 Å². The summed E-state index contributed by atoms with van der Waals surface area (Å²) in [5, 5.41) is 7.55. The van der Waals surface area contributed by atoms with E-state index in [2.05, 4.69) is 43.3 Å². The maximum absolute atomic E-state index is 12.6. The van der Waals surface area contributed by atoms with Gasteiger partial charge in [-0.25, -0.2) is 0 Å². The minimum absolute atomic E-state index is 0.108. The molecule has 1 amide bonds. The number of hydrogen-bond acceptors (Lipinski definition) is 4. The largest absolute Gasteiger partial charge is 0.489 e. The van der Waals surface area contributed by atoms with E-state index in [1.807, 2.05) is 54.9 Å². The Kier molecular flexibility index (Phi) is 7.92. The Hall–Kier alpha value is -3.12. The second-order valence-electron chi connectivity index (χ2n) is 9.31. The number of hydrogen-bond donors (Lipinski definition) is 1. The predicted molar refractivity (Wildman–Crippen MR) is 131 cm³/mol. The summed E-state index contributed by atoms with van der Waals surface area (Å²) in [5.74, 6) is 0.727. The molecule has 0 saturated heterocycles. The molecule has 0 aliphatic carbocycles. The molecule has 0 saturated carbocycles. The van der Waals surface area contributed by atoms with Crippen LogP contribution >= 0.6 is 0 Å². The number of nitrogens with zero attached hydrogens (tertiary/aromatic N) is 2. The molecule has 6 heteroatoms. The third kappa shape index (κ3) is 6.45. The third-order valence-electron chi connectivity index (χ3n) is 5.81. The molecule has 0 aliphatic heterocycles. The topological polar surface area (TPSA) is 65.4 Å². The van der Waals surface area contributed by atoms with Gasteiger partial charge in [0, 0.05) is 30.5 Å². The number of ether oxygens (including phenoxy) is 2. The van der Waals surface area contributed by atoms with Crippen LogP contribution in [0, 0.1) is 13.8 Å². The zero-order valence-corrected chi connectivity index (χ0v) is 20.6. The first-order valence-electron chi connectivity index (χ1n) is 11.3. The van der Waals surface area contributed by atoms with Gasteiger partial charge in [0.15, 0.2) is 0 Å². The molecule has 176 valence electrons. The molecule has 0 spiro atoms. The van der Waals surface area contributed by atoms with Crippen molar-refractivity contribution in [3.63, 3.8) is 0 Å². The number of benzene rings is 2. The van der Waals surface area contributed by atoms with Gasteiger partial charge in [0.2, 0.25) is 0 Å². The summed E-state index contributed by atoms with van der Waals surface area (Å²) < 4.78 is 13.0. The molecular formula is C27H35N3O3. The lowest BCUT2D eigenvalue weighted by Crippen LogP contribution is -2.23. The minimum atomic E-state index is -0.108. The first-order valence-corrected chi connectivity index (χ1v) is 11.3. The van der Waals surface area contributed by atoms with E-state index in [0.717, 1.165) is 28.3 Å². The van der Waals surface area contributed by atoms with E-state index < -0.39 is 0 Å². The number of aryl methyl sites for hydroxylation is 1. The molecular weight excluding hydrogens is 414 g/mol. The van der Waals surface area contributed by atoms with Crippen molar-refractivity contribution in [2.45, 2.75) is 59.7 Å². The highest BCUT2D eigenvalue weighted by Gasteiger charge is 2.14. The molecule has 3 rings (SSSR count). The van der Waals surface area contributed by atoms with Crippen molar-refractivity contribution in [3.05, 3.63) is 82.2 Å². The molecule has 0 unspecified atom stereocenters. The molecule has 0 fully saturated rings. The average Bonchev–Trinajstić information content (AvgIpc) is 3.07. The predicted octanol–water partition coefficient (Wildman–Crippen LogP) is 4.95. The van der Waals surface area contributed by atoms with Gasteiger partial charge in [0.1, 0.15) is 12.4 Å². The van der Waals surface area contributed by atoms with Crippen LogP contribution in [0.2, 0.25) is 0 Å². The first kappa shape index (κ1) is 24.5. The highest BCUT2D eigenvalue weighted by atomic mass is 16.5. The van der Waals surface area contributed by atoms with Crippen LogP contribution in [0.25, 0.3) is 0 Å². The molecule has 1 heterocycles. The number of aromatic nitrogens is 2. The normalized spacial score (nSPS) is 11.5. The standard InChI is InChI=1S/C27H35N3O3/c1-19-25(20(2)30(29-19)15-16-32-6)17-28-26(31)22-9-7-21(8-10-22)18-33-24-13-11-23(12-14-24)27(3,4)5/h7-14H,15-18H2,1-6H3,(H,28,31). The van der Waals surface area contributed by atoms with Crippen LogP contribution in [0.15, 0.2) is 48.5 Å². The quantitative estimate of drug-likeness (QED) is 0.502. The first-order chi connectivity index (χ1) is 15.7. The summed E-state index contributed by atoms with van der Waals surface area (Å²) in [7, 11) is 1.68. The van der Waals surface area contributed by atoms with E-state index in [-0.39, 0.29) is 11.3 Å². The van der Waals surface area contributed by atoms with Crippen LogP contribution in [0.1, 0.15) is 59.2 Å². The number of methoxy groups -OCH3 is 1. The second-order valence-corrected chi connectivity index (χ2v) is 9.31. The van der Waals surface area contributed by atoms with Crippen molar-refractivity contribution < 1.29 is 14.3 Å². The maximum atomic E-state index is 12.6. The number of nitrogens with one attached hydrogen (secondary N) is 1. The molecule has 0 aliphatic rings. The van der Waals surface area contributed by atoms with Gasteiger partial charge in [-0.2, -0.15) is 5.10 Å². The van der Waals surface area contributed by atoms with Crippen molar-refractivity contribution in [1.29, 1.82) is 0 Å². The number of carbonyl (C=O) groups is 1. The Morgan fingerprint density at radius 2 is 1.70 bits per heavy atom. The number of carbonyl (C=O) groups excluding carboxylic acids is 1. The van der Waals surface area contributed by atoms with E-state index in [1.54, 1.807) is 7.11 Å². The van der Waals surface area contributed by atoms with Gasteiger partial charge in [0.25, 0.3) is 5.91 Å². The zero-order valence-electron chi connectivity index (χ0n) is 20.6. The lowest BCUT2D eigenvalue weighted by atomic mass is 9.87. The van der Waals surface area contributed by atoms with Crippen molar-refractivity contribution in [2.75, 3.05) is 13.7 Å². The summed E-state index contributed by atoms with van der Waals surface area (Å²) in [6, 6.07) is 15.7. The maximum Gasteiger partial charge on any atom is 0.251 e. The Balaban J connectivity index is 1.53. The monoisotopic (exact) mass is 449 g/mol. The lowest BCUT2D eigenvalue weighted by molar-refractivity contribution is 0.0950. The van der Waals surface area contributed by atoms with Crippen molar-refractivity contribution in [2.24, 2.45) is 0 Å². The van der Waals surface area contributed by atoms with Crippen LogP contribution in [-0.2, 0) is 29.8 Å². The Bertz CT molecular complexity index is 1060. The Morgan fingerprint density at radius 3 is 2.30 bits per heavy atom. The molecule has 0 atom stereocenters. The van der Waals surface area contributed by atoms with E-state index in [0.29, 0.717) is 31.9 Å². The number of amides is 1. The molecule has 1 aromatic heterocycles. The van der Waals surface area contributed by atoms with Gasteiger partial charge < -0.3 is 14.8 Å². The Morgan fingerprint density at radius 1 is 1.03 bits per heavy atom. The smallest absolute Gasteiger partial charge is 0.251 e. The van der Waals surface area contributed by atoms with Crippen LogP contribution in [0.3, 0.4) is 0 Å². The van der Waals surface area contributed by atoms with Gasteiger partial charge >= 0.3 is 0 Å². The highest BCUT2D eigenvalue weighted by Crippen LogP contribution is 2.24. The molecule has 6 nitrogen and oxygen atoms in total. The minimum Gasteiger partial charge on any atom is -0.489 e. The highest BCUT2D eigenvalue weighted by molar-refractivity contribution is 5.94. The molecule has 33 heavy (non-hydrogen) atoms. The van der Waals surface area contributed by atoms with Gasteiger partial charge in [0.05, 0.1) is 18.8 Å². The van der Waals surface area contributed by atoms with E-state index >= 15 is 0 Å². The average molecular weight is 450 g/mol. The third-order valence-corrected chi connectivity index (χ3v) is 5.81. The van der Waals surface area contributed by atoms with Crippen molar-refractivity contribution in [1.82, 2.24) is 15.1 Å². The van der Waals surface area contributed by atoms with Gasteiger partial charge in [-0.05, 0) is 54.7 Å². The fourth-order valence-corrected chi connectivity index (χ4v) is 3.63. The molecule has 1 N–H and O–H groups in total. The second kappa shape index (κ2) is 10.7. The summed E-state index contributed by atoms with van der Waals surface area (Å²) in [6.07, 6.45) is 0. The van der Waals surface area contributed by atoms with Crippen LogP contribution in [-0.4, -0.2) is 29.4 Å². The molecule has 0 bridgehead atoms. The van der Waals surface area contributed by atoms with Crippen LogP contribution < -0.4 is 10.1 Å². The molecule has 2 aromatic carbocycles. The summed E-state index contributed by atoms with van der Waals surface area (Å²) in [6.45, 7) is 12.8. The lowest BCUT2D eigenvalue weighted by Gasteiger charge is -2.19. The zero-order chi connectivity index (χ0) is 24.0. The Labute approximate surface area is 196 Å². The fraction of sp³-hybridized carbons (Fsp3) is 0.407. The van der Waals surface area contributed by atoms with Gasteiger partial charge in [-0.3, -0.25) is 9.48 Å². The van der Waals surface area contributed by atoms with Crippen molar-refractivity contribution in [3.8, 4) is 5.75 Å². The summed E-state index contributed by atoms with van der Waals surface area (Å²) >= 11 is 0. The molecule has 3 aromatic rings. The molecule has 0 radical (unpaired) electrons. The fourth-order valence-electron chi connectivity index (χ4n) is 3.63. The SMILES string of the molecule is COCCn1nc(C)c(CNC(=O)c2ccc(COc3ccc(C(C)(C)C)cc3)cc2)c1C. The summed E-state index contributed by atoms with van der Waals surface area (Å²) in [4.78, 5) is 12.6. The van der Waals surface area contributed by atoms with Crippen LogP contribution in [0.4, 0.5) is 0 Å². The van der Waals surface area contributed by atoms with E-state index in [1.165, 1.54) is 5.56 Å². The van der Waals surface area contributed by atoms with E-state index in [9.17, 15) is 4.79 Å². The van der Waals surface area contributed by atoms with Crippen molar-refractivity contribution >= 4 is 5.91 Å². The number of rotatable bonds is 9.